The summed E-state index contributed by atoms with van der Waals surface area (Å²) in [4.78, 5) is 29.4. The minimum atomic E-state index is -0.611. The van der Waals surface area contributed by atoms with Gasteiger partial charge < -0.3 is 29.6 Å². The Labute approximate surface area is 237 Å². The predicted molar refractivity (Wildman–Crippen MR) is 157 cm³/mol. The molecule has 8 nitrogen and oxygen atoms in total. The molecular formula is C32H33FN4O4. The molecule has 1 amide bonds. The molecule has 9 heteroatoms. The molecule has 3 aromatic carbocycles. The molecule has 0 unspecified atom stereocenters. The van der Waals surface area contributed by atoms with Gasteiger partial charge in [0, 0.05) is 31.9 Å². The first-order valence-electron chi connectivity index (χ1n) is 14.4. The number of amides is 1. The molecule has 0 bridgehead atoms. The minimum absolute atomic E-state index is 0.0191. The largest absolute Gasteiger partial charge is 0.451 e. The maximum absolute atomic E-state index is 15.7. The molecule has 0 saturated carbocycles. The predicted octanol–water partition coefficient (Wildman–Crippen LogP) is 5.19. The summed E-state index contributed by atoms with van der Waals surface area (Å²) >= 11 is 0. The number of aromatic nitrogens is 1. The van der Waals surface area contributed by atoms with Crippen molar-refractivity contribution in [2.75, 3.05) is 38.6 Å². The van der Waals surface area contributed by atoms with Gasteiger partial charge in [0.1, 0.15) is 16.8 Å². The summed E-state index contributed by atoms with van der Waals surface area (Å²) in [6.07, 6.45) is 6.48. The van der Waals surface area contributed by atoms with Crippen LogP contribution in [0.25, 0.3) is 27.4 Å². The number of halogens is 1. The van der Waals surface area contributed by atoms with Gasteiger partial charge in [-0.05, 0) is 74.7 Å². The lowest BCUT2D eigenvalue weighted by Crippen LogP contribution is -2.34. The fourth-order valence-electron chi connectivity index (χ4n) is 6.44. The van der Waals surface area contributed by atoms with E-state index in [2.05, 4.69) is 22.6 Å². The number of nitrogens with one attached hydrogen (secondary N) is 2. The lowest BCUT2D eigenvalue weighted by molar-refractivity contribution is 0.0948. The molecule has 0 radical (unpaired) electrons. The van der Waals surface area contributed by atoms with E-state index >= 15 is 4.39 Å². The number of anilines is 1. The highest BCUT2D eigenvalue weighted by Crippen LogP contribution is 2.46. The van der Waals surface area contributed by atoms with Gasteiger partial charge in [0.2, 0.25) is 5.43 Å². The Balaban J connectivity index is 1.33. The van der Waals surface area contributed by atoms with Gasteiger partial charge in [0.25, 0.3) is 5.91 Å². The van der Waals surface area contributed by atoms with Gasteiger partial charge >= 0.3 is 0 Å². The monoisotopic (exact) mass is 556 g/mol. The number of benzene rings is 3. The van der Waals surface area contributed by atoms with E-state index in [1.807, 2.05) is 36.4 Å². The van der Waals surface area contributed by atoms with E-state index in [1.54, 1.807) is 10.8 Å². The third-order valence-electron chi connectivity index (χ3n) is 8.70. The van der Waals surface area contributed by atoms with E-state index in [0.29, 0.717) is 42.7 Å². The molecule has 3 aliphatic heterocycles. The molecule has 4 heterocycles. The zero-order valence-electron chi connectivity index (χ0n) is 23.0. The summed E-state index contributed by atoms with van der Waals surface area (Å²) < 4.78 is 29.6. The Morgan fingerprint density at radius 3 is 2.71 bits per heavy atom. The molecule has 3 aliphatic rings. The number of likely N-dealkylation sites (tertiary alicyclic amines) is 1. The lowest BCUT2D eigenvalue weighted by atomic mass is 10.0. The molecule has 0 aliphatic carbocycles. The molecule has 212 valence electrons. The van der Waals surface area contributed by atoms with Crippen molar-refractivity contribution in [3.8, 4) is 17.2 Å². The van der Waals surface area contributed by atoms with Crippen LogP contribution in [-0.4, -0.2) is 60.8 Å². The van der Waals surface area contributed by atoms with Crippen molar-refractivity contribution in [3.05, 3.63) is 70.3 Å². The van der Waals surface area contributed by atoms with Crippen LogP contribution in [0.2, 0.25) is 0 Å². The van der Waals surface area contributed by atoms with Crippen molar-refractivity contribution in [1.82, 2.24) is 14.8 Å². The van der Waals surface area contributed by atoms with Gasteiger partial charge in [-0.3, -0.25) is 9.59 Å². The van der Waals surface area contributed by atoms with Crippen LogP contribution in [0, 0.1) is 5.82 Å². The quantitative estimate of drug-likeness (QED) is 0.287. The van der Waals surface area contributed by atoms with E-state index in [0.717, 1.165) is 49.4 Å². The number of carbonyl (C=O) groups excluding carboxylic acids is 1. The molecule has 4 aromatic rings. The van der Waals surface area contributed by atoms with Crippen molar-refractivity contribution in [3.63, 3.8) is 0 Å². The van der Waals surface area contributed by atoms with Crippen LogP contribution < -0.4 is 20.8 Å². The number of ether oxygens (including phenoxy) is 2. The second-order valence-electron chi connectivity index (χ2n) is 11.3. The Hall–Kier alpha value is -3.95. The van der Waals surface area contributed by atoms with Crippen molar-refractivity contribution in [1.29, 1.82) is 0 Å². The van der Waals surface area contributed by atoms with E-state index in [1.165, 1.54) is 6.07 Å². The van der Waals surface area contributed by atoms with Gasteiger partial charge in [-0.25, -0.2) is 4.39 Å². The van der Waals surface area contributed by atoms with E-state index in [-0.39, 0.29) is 28.5 Å². The number of carbonyl (C=O) groups is 1. The first-order chi connectivity index (χ1) is 20.0. The number of hydrogen-bond acceptors (Lipinski definition) is 6. The molecule has 2 saturated heterocycles. The Morgan fingerprint density at radius 1 is 1.12 bits per heavy atom. The van der Waals surface area contributed by atoms with E-state index in [9.17, 15) is 9.59 Å². The van der Waals surface area contributed by atoms with E-state index < -0.39 is 17.2 Å². The zero-order valence-corrected chi connectivity index (χ0v) is 23.0. The third-order valence-corrected chi connectivity index (χ3v) is 8.70. The first-order valence-corrected chi connectivity index (χ1v) is 14.4. The highest BCUT2D eigenvalue weighted by molar-refractivity contribution is 6.02. The van der Waals surface area contributed by atoms with Crippen LogP contribution in [0.4, 0.5) is 10.1 Å². The third kappa shape index (κ3) is 4.63. The average Bonchev–Trinajstić information content (AvgIpc) is 3.64. The molecule has 0 spiro atoms. The molecule has 2 N–H and O–H groups in total. The fourth-order valence-corrected chi connectivity index (χ4v) is 6.44. The highest BCUT2D eigenvalue weighted by atomic mass is 19.1. The van der Waals surface area contributed by atoms with E-state index in [4.69, 9.17) is 9.47 Å². The SMILES string of the molecule is CN1CCC[C@@H]1CCNC(=O)c1cn2c3c(c(NC[C@@H]4CCCO4)c(F)cc3c1=O)Oc1cc3ccccc3cc1-2. The smallest absolute Gasteiger partial charge is 0.256 e. The lowest BCUT2D eigenvalue weighted by Gasteiger charge is -2.27. The van der Waals surface area contributed by atoms with Crippen LogP contribution in [0.15, 0.2) is 53.5 Å². The Bertz CT molecular complexity index is 1730. The topological polar surface area (TPSA) is 84.8 Å². The molecule has 2 atom stereocenters. The second-order valence-corrected chi connectivity index (χ2v) is 11.3. The van der Waals surface area contributed by atoms with Crippen molar-refractivity contribution >= 4 is 33.3 Å². The van der Waals surface area contributed by atoms with Gasteiger partial charge in [-0.1, -0.05) is 24.3 Å². The van der Waals surface area contributed by atoms with Crippen molar-refractivity contribution < 1.29 is 18.7 Å². The second kappa shape index (κ2) is 10.5. The summed E-state index contributed by atoms with van der Waals surface area (Å²) in [5, 5.41) is 8.17. The maximum atomic E-state index is 15.7. The first kappa shape index (κ1) is 26.0. The van der Waals surface area contributed by atoms with Crippen molar-refractivity contribution in [2.45, 2.75) is 44.2 Å². The summed E-state index contributed by atoms with van der Waals surface area (Å²) in [5.74, 6) is -0.325. The van der Waals surface area contributed by atoms with Crippen LogP contribution in [0.3, 0.4) is 0 Å². The van der Waals surface area contributed by atoms with Gasteiger partial charge in [-0.2, -0.15) is 0 Å². The number of rotatable bonds is 7. The standard InChI is InChI=1S/C32H33FN4O4/c1-36-12-4-8-21(36)10-11-34-32(39)24-18-37-26-14-19-6-2-3-7-20(19)15-27(26)41-31-28(35-17-22-9-5-13-40-22)25(33)16-23(29(31)37)30(24)38/h2-3,6-7,14-16,18,21-22,35H,4-5,8-13,17H2,1H3,(H,34,39)/t21-,22+/m1/s1. The number of pyridine rings is 1. The Morgan fingerprint density at radius 2 is 1.95 bits per heavy atom. The normalized spacial score (nSPS) is 19.9. The highest BCUT2D eigenvalue weighted by Gasteiger charge is 2.30. The summed E-state index contributed by atoms with van der Waals surface area (Å²) in [5.41, 5.74) is 0.740. The van der Waals surface area contributed by atoms with Crippen LogP contribution in [-0.2, 0) is 4.74 Å². The van der Waals surface area contributed by atoms with Gasteiger partial charge in [0.05, 0.1) is 17.2 Å². The van der Waals surface area contributed by atoms with Gasteiger partial charge in [0.15, 0.2) is 17.3 Å². The Kier molecular flexibility index (Phi) is 6.63. The summed E-state index contributed by atoms with van der Waals surface area (Å²) in [6.45, 7) is 2.63. The molecular weight excluding hydrogens is 523 g/mol. The summed E-state index contributed by atoms with van der Waals surface area (Å²) in [7, 11) is 2.10. The minimum Gasteiger partial charge on any atom is -0.451 e. The average molecular weight is 557 g/mol. The van der Waals surface area contributed by atoms with Crippen molar-refractivity contribution in [2.24, 2.45) is 0 Å². The zero-order chi connectivity index (χ0) is 28.1. The molecule has 7 rings (SSSR count). The number of nitrogens with zero attached hydrogens (tertiary/aromatic N) is 2. The van der Waals surface area contributed by atoms with Crippen LogP contribution in [0.5, 0.6) is 11.5 Å². The van der Waals surface area contributed by atoms with Crippen LogP contribution >= 0.6 is 0 Å². The van der Waals surface area contributed by atoms with Crippen LogP contribution in [0.1, 0.15) is 42.5 Å². The fraction of sp³-hybridized carbons (Fsp3) is 0.375. The molecule has 41 heavy (non-hydrogen) atoms. The summed E-state index contributed by atoms with van der Waals surface area (Å²) in [6, 6.07) is 13.4. The molecule has 2 fully saturated rings. The van der Waals surface area contributed by atoms with Gasteiger partial charge in [-0.15, -0.1) is 0 Å². The number of fused-ring (bicyclic) bond motifs is 3. The maximum Gasteiger partial charge on any atom is 0.256 e. The molecule has 1 aromatic heterocycles. The number of hydrogen-bond donors (Lipinski definition) is 2.